The van der Waals surface area contributed by atoms with Gasteiger partial charge in [-0.15, -0.1) is 0 Å². The summed E-state index contributed by atoms with van der Waals surface area (Å²) in [5, 5.41) is 16.6. The van der Waals surface area contributed by atoms with Gasteiger partial charge in [0.25, 0.3) is 5.91 Å². The standard InChI is InChI=1S/C14H24N6O2.C6H5Cl/c15-8-9-1-3-10(4-2-9)19-5-6-20(13(18)14(19)22)11(16)7-12(17)21;7-6-4-2-1-3-5-6/h9-10,16,18H,1-8,15H2,(H2,17,21);1-5H. The van der Waals surface area contributed by atoms with E-state index in [9.17, 15) is 9.59 Å². The van der Waals surface area contributed by atoms with Crippen molar-refractivity contribution in [1.29, 1.82) is 10.8 Å². The molecule has 0 atom stereocenters. The van der Waals surface area contributed by atoms with Crippen LogP contribution in [0.15, 0.2) is 30.3 Å². The third kappa shape index (κ3) is 6.54. The predicted octanol–water partition coefficient (Wildman–Crippen LogP) is 1.82. The minimum Gasteiger partial charge on any atom is -0.369 e. The number of nitrogens with two attached hydrogens (primary N) is 2. The maximum atomic E-state index is 12.4. The molecule has 0 spiro atoms. The molecule has 2 aliphatic rings. The Morgan fingerprint density at radius 2 is 1.76 bits per heavy atom. The summed E-state index contributed by atoms with van der Waals surface area (Å²) in [4.78, 5) is 26.3. The van der Waals surface area contributed by atoms with Gasteiger partial charge in [0.1, 0.15) is 5.84 Å². The minimum absolute atomic E-state index is 0.0858. The molecule has 1 saturated carbocycles. The second-order valence-corrected chi connectivity index (χ2v) is 7.73. The second-order valence-electron chi connectivity index (χ2n) is 7.29. The highest BCUT2D eigenvalue weighted by Crippen LogP contribution is 2.28. The van der Waals surface area contributed by atoms with Crippen LogP contribution in [0, 0.1) is 16.7 Å². The summed E-state index contributed by atoms with van der Waals surface area (Å²) in [6, 6.07) is 9.60. The van der Waals surface area contributed by atoms with E-state index >= 15 is 0 Å². The maximum Gasteiger partial charge on any atom is 0.289 e. The topological polar surface area (TPSA) is 140 Å². The fraction of sp³-hybridized carbons (Fsp3) is 0.500. The number of rotatable bonds is 4. The van der Waals surface area contributed by atoms with Gasteiger partial charge in [0.05, 0.1) is 6.42 Å². The Morgan fingerprint density at radius 3 is 2.24 bits per heavy atom. The average molecular weight is 421 g/mol. The maximum absolute atomic E-state index is 12.4. The smallest absolute Gasteiger partial charge is 0.289 e. The molecule has 0 bridgehead atoms. The summed E-state index contributed by atoms with van der Waals surface area (Å²) < 4.78 is 0. The Labute approximate surface area is 176 Å². The number of benzene rings is 1. The fourth-order valence-electron chi connectivity index (χ4n) is 3.66. The molecule has 1 aliphatic carbocycles. The normalized spacial score (nSPS) is 22.0. The molecular formula is C20H29ClN6O2. The number of amides is 2. The van der Waals surface area contributed by atoms with E-state index in [2.05, 4.69) is 0 Å². The first kappa shape index (κ1) is 22.8. The number of hydrogen-bond acceptors (Lipinski definition) is 5. The van der Waals surface area contributed by atoms with Crippen LogP contribution >= 0.6 is 11.6 Å². The zero-order valence-corrected chi connectivity index (χ0v) is 17.2. The van der Waals surface area contributed by atoms with Gasteiger partial charge in [-0.05, 0) is 50.3 Å². The van der Waals surface area contributed by atoms with Crippen molar-refractivity contribution in [3.05, 3.63) is 35.4 Å². The molecule has 0 aromatic heterocycles. The van der Waals surface area contributed by atoms with Crippen molar-refractivity contribution in [2.75, 3.05) is 19.6 Å². The van der Waals surface area contributed by atoms with Crippen molar-refractivity contribution in [3.63, 3.8) is 0 Å². The van der Waals surface area contributed by atoms with E-state index < -0.39 is 5.91 Å². The number of nitrogens with zero attached hydrogens (tertiary/aromatic N) is 2. The van der Waals surface area contributed by atoms with Crippen LogP contribution in [-0.4, -0.2) is 59.0 Å². The lowest BCUT2D eigenvalue weighted by atomic mass is 9.85. The van der Waals surface area contributed by atoms with Crippen LogP contribution in [-0.2, 0) is 9.59 Å². The van der Waals surface area contributed by atoms with Gasteiger partial charge in [-0.25, -0.2) is 0 Å². The lowest BCUT2D eigenvalue weighted by molar-refractivity contribution is -0.129. The lowest BCUT2D eigenvalue weighted by Crippen LogP contribution is -2.59. The highest BCUT2D eigenvalue weighted by molar-refractivity contribution is 6.40. The Balaban J connectivity index is 0.000000360. The molecule has 1 heterocycles. The summed E-state index contributed by atoms with van der Waals surface area (Å²) in [6.07, 6.45) is 3.61. The third-order valence-electron chi connectivity index (χ3n) is 5.29. The quantitative estimate of drug-likeness (QED) is 0.435. The molecule has 1 saturated heterocycles. The summed E-state index contributed by atoms with van der Waals surface area (Å²) >= 11 is 5.54. The molecule has 0 unspecified atom stereocenters. The number of carbonyl (C=O) groups excluding carboxylic acids is 2. The molecule has 158 valence electrons. The zero-order chi connectivity index (χ0) is 21.4. The fourth-order valence-corrected chi connectivity index (χ4v) is 3.80. The van der Waals surface area contributed by atoms with E-state index in [1.165, 1.54) is 4.90 Å². The average Bonchev–Trinajstić information content (AvgIpc) is 2.70. The SMILES string of the molecule is Clc1ccccc1.N=C(CC(N)=O)N1CCN(C2CCC(CN)CC2)C(=O)C1=N. The Morgan fingerprint density at radius 1 is 1.14 bits per heavy atom. The van der Waals surface area contributed by atoms with Crippen molar-refractivity contribution in [2.45, 2.75) is 38.1 Å². The van der Waals surface area contributed by atoms with Crippen LogP contribution in [0.2, 0.25) is 5.02 Å². The molecule has 1 aromatic rings. The molecule has 1 aromatic carbocycles. The van der Waals surface area contributed by atoms with Gasteiger partial charge in [0.15, 0.2) is 5.84 Å². The van der Waals surface area contributed by atoms with Crippen molar-refractivity contribution < 1.29 is 9.59 Å². The molecule has 6 N–H and O–H groups in total. The second kappa shape index (κ2) is 10.9. The van der Waals surface area contributed by atoms with E-state index in [1.54, 1.807) is 4.90 Å². The van der Waals surface area contributed by atoms with E-state index in [-0.39, 0.29) is 30.0 Å². The van der Waals surface area contributed by atoms with Crippen LogP contribution in [0.25, 0.3) is 0 Å². The van der Waals surface area contributed by atoms with Gasteiger partial charge in [-0.1, -0.05) is 29.8 Å². The molecule has 9 heteroatoms. The van der Waals surface area contributed by atoms with Gasteiger partial charge < -0.3 is 21.3 Å². The monoisotopic (exact) mass is 420 g/mol. The molecule has 29 heavy (non-hydrogen) atoms. The lowest BCUT2D eigenvalue weighted by Gasteiger charge is -2.42. The largest absolute Gasteiger partial charge is 0.369 e. The molecule has 0 radical (unpaired) electrons. The van der Waals surface area contributed by atoms with Crippen LogP contribution in [0.4, 0.5) is 0 Å². The van der Waals surface area contributed by atoms with E-state index in [1.807, 2.05) is 30.3 Å². The van der Waals surface area contributed by atoms with Crippen molar-refractivity contribution in [1.82, 2.24) is 9.80 Å². The van der Waals surface area contributed by atoms with Crippen LogP contribution in [0.1, 0.15) is 32.1 Å². The molecule has 1 aliphatic heterocycles. The molecule has 2 fully saturated rings. The first-order valence-electron chi connectivity index (χ1n) is 9.76. The Hall–Kier alpha value is -2.45. The minimum atomic E-state index is -0.632. The molecular weight excluding hydrogens is 392 g/mol. The highest BCUT2D eigenvalue weighted by Gasteiger charge is 2.36. The van der Waals surface area contributed by atoms with Crippen molar-refractivity contribution in [3.8, 4) is 0 Å². The molecule has 8 nitrogen and oxygen atoms in total. The number of piperazine rings is 1. The van der Waals surface area contributed by atoms with Gasteiger partial charge >= 0.3 is 0 Å². The van der Waals surface area contributed by atoms with Gasteiger partial charge in [0.2, 0.25) is 5.91 Å². The highest BCUT2D eigenvalue weighted by atomic mass is 35.5. The molecule has 2 amide bonds. The predicted molar refractivity (Wildman–Crippen MR) is 114 cm³/mol. The number of halogens is 1. The van der Waals surface area contributed by atoms with E-state index in [4.69, 9.17) is 33.9 Å². The van der Waals surface area contributed by atoms with Crippen LogP contribution in [0.3, 0.4) is 0 Å². The van der Waals surface area contributed by atoms with Gasteiger partial charge in [0, 0.05) is 24.2 Å². The van der Waals surface area contributed by atoms with Crippen LogP contribution in [0.5, 0.6) is 0 Å². The number of primary amides is 1. The van der Waals surface area contributed by atoms with Crippen LogP contribution < -0.4 is 11.5 Å². The summed E-state index contributed by atoms with van der Waals surface area (Å²) in [5.41, 5.74) is 10.8. The third-order valence-corrected chi connectivity index (χ3v) is 5.54. The van der Waals surface area contributed by atoms with Crippen molar-refractivity contribution in [2.24, 2.45) is 17.4 Å². The van der Waals surface area contributed by atoms with E-state index in [0.717, 1.165) is 30.7 Å². The van der Waals surface area contributed by atoms with E-state index in [0.29, 0.717) is 25.6 Å². The first-order valence-corrected chi connectivity index (χ1v) is 10.1. The summed E-state index contributed by atoms with van der Waals surface area (Å²) in [5.74, 6) is -0.781. The number of hydrogen-bond donors (Lipinski definition) is 4. The first-order chi connectivity index (χ1) is 13.8. The Kier molecular flexibility index (Phi) is 8.60. The van der Waals surface area contributed by atoms with Crippen molar-refractivity contribution >= 4 is 35.1 Å². The Bertz CT molecular complexity index is 734. The number of amidine groups is 2. The molecule has 3 rings (SSSR count). The number of nitrogens with one attached hydrogen (secondary N) is 2. The summed E-state index contributed by atoms with van der Waals surface area (Å²) in [6.45, 7) is 1.53. The zero-order valence-electron chi connectivity index (χ0n) is 16.4. The van der Waals surface area contributed by atoms with Gasteiger partial charge in [-0.3, -0.25) is 20.4 Å². The van der Waals surface area contributed by atoms with Gasteiger partial charge in [-0.2, -0.15) is 0 Å². The number of carbonyl (C=O) groups is 2. The summed E-state index contributed by atoms with van der Waals surface area (Å²) in [7, 11) is 0.